The summed E-state index contributed by atoms with van der Waals surface area (Å²) in [4.78, 5) is 12.4. The zero-order valence-electron chi connectivity index (χ0n) is 10.6. The molecule has 0 radical (unpaired) electrons. The van der Waals surface area contributed by atoms with Crippen molar-refractivity contribution in [1.82, 2.24) is 0 Å². The van der Waals surface area contributed by atoms with Gasteiger partial charge in [0.05, 0.1) is 0 Å². The Morgan fingerprint density at radius 1 is 1.06 bits per heavy atom. The van der Waals surface area contributed by atoms with Crippen LogP contribution in [0.15, 0.2) is 0 Å². The molecule has 0 aliphatic heterocycles. The highest BCUT2D eigenvalue weighted by atomic mass is 16.1. The summed E-state index contributed by atoms with van der Waals surface area (Å²) in [7, 11) is 0. The van der Waals surface area contributed by atoms with Crippen LogP contribution in [-0.4, -0.2) is 11.8 Å². The van der Waals surface area contributed by atoms with E-state index >= 15 is 0 Å². The first-order chi connectivity index (χ1) is 7.59. The van der Waals surface area contributed by atoms with E-state index in [1.807, 2.05) is 0 Å². The third-order valence-corrected chi connectivity index (χ3v) is 4.94. The molecule has 5 atom stereocenters. The van der Waals surface area contributed by atoms with E-state index in [9.17, 15) is 4.79 Å². The summed E-state index contributed by atoms with van der Waals surface area (Å²) in [5.74, 6) is 2.50. The Bertz CT molecular complexity index is 263. The SMILES string of the molecule is CC1CCC(C(=O)C2CCCC2N)CC1C. The van der Waals surface area contributed by atoms with Crippen molar-refractivity contribution in [2.75, 3.05) is 0 Å². The maximum atomic E-state index is 12.4. The Labute approximate surface area is 99.0 Å². The van der Waals surface area contributed by atoms with Crippen molar-refractivity contribution in [1.29, 1.82) is 0 Å². The minimum absolute atomic E-state index is 0.155. The molecule has 0 heterocycles. The Balaban J connectivity index is 1.95. The van der Waals surface area contributed by atoms with Gasteiger partial charge in [-0.15, -0.1) is 0 Å². The number of carbonyl (C=O) groups excluding carboxylic acids is 1. The van der Waals surface area contributed by atoms with Gasteiger partial charge in [-0.25, -0.2) is 0 Å². The molecular formula is C14H25NO. The van der Waals surface area contributed by atoms with Gasteiger partial charge in [-0.3, -0.25) is 4.79 Å². The van der Waals surface area contributed by atoms with E-state index in [0.717, 1.165) is 38.0 Å². The van der Waals surface area contributed by atoms with E-state index in [1.54, 1.807) is 0 Å². The predicted octanol–water partition coefficient (Wildman–Crippen LogP) is 2.76. The maximum Gasteiger partial charge on any atom is 0.140 e. The van der Waals surface area contributed by atoms with Gasteiger partial charge < -0.3 is 5.73 Å². The van der Waals surface area contributed by atoms with E-state index in [0.29, 0.717) is 17.6 Å². The second-order valence-electron chi connectivity index (χ2n) is 6.07. The maximum absolute atomic E-state index is 12.4. The minimum atomic E-state index is 0.155. The molecule has 2 saturated carbocycles. The molecule has 0 amide bonds. The van der Waals surface area contributed by atoms with Crippen molar-refractivity contribution in [2.24, 2.45) is 29.4 Å². The first kappa shape index (κ1) is 12.1. The van der Waals surface area contributed by atoms with E-state index in [1.165, 1.54) is 6.42 Å². The first-order valence-electron chi connectivity index (χ1n) is 6.89. The molecule has 5 unspecified atom stereocenters. The van der Waals surface area contributed by atoms with Crippen LogP contribution >= 0.6 is 0 Å². The van der Waals surface area contributed by atoms with Gasteiger partial charge in [-0.05, 0) is 43.9 Å². The first-order valence-corrected chi connectivity index (χ1v) is 6.89. The summed E-state index contributed by atoms with van der Waals surface area (Å²) in [5.41, 5.74) is 6.03. The normalized spacial score (nSPS) is 44.6. The second-order valence-corrected chi connectivity index (χ2v) is 6.07. The number of hydrogen-bond donors (Lipinski definition) is 1. The third kappa shape index (κ3) is 2.32. The van der Waals surface area contributed by atoms with Gasteiger partial charge in [0.15, 0.2) is 0 Å². The van der Waals surface area contributed by atoms with Crippen LogP contribution in [0.2, 0.25) is 0 Å². The van der Waals surface area contributed by atoms with E-state index in [-0.39, 0.29) is 12.0 Å². The summed E-state index contributed by atoms with van der Waals surface area (Å²) in [6.07, 6.45) is 6.67. The quantitative estimate of drug-likeness (QED) is 0.782. The lowest BCUT2D eigenvalue weighted by Gasteiger charge is -2.33. The van der Waals surface area contributed by atoms with Crippen molar-refractivity contribution in [3.8, 4) is 0 Å². The highest BCUT2D eigenvalue weighted by Gasteiger charge is 2.37. The summed E-state index contributed by atoms with van der Waals surface area (Å²) in [6.45, 7) is 4.60. The number of Topliss-reactive ketones (excluding diaryl/α,β-unsaturated/α-hetero) is 1. The lowest BCUT2D eigenvalue weighted by molar-refractivity contribution is -0.128. The number of carbonyl (C=O) groups is 1. The average molecular weight is 223 g/mol. The van der Waals surface area contributed by atoms with E-state index < -0.39 is 0 Å². The van der Waals surface area contributed by atoms with Crippen LogP contribution in [0.25, 0.3) is 0 Å². The highest BCUT2D eigenvalue weighted by molar-refractivity contribution is 5.84. The van der Waals surface area contributed by atoms with E-state index in [2.05, 4.69) is 13.8 Å². The zero-order valence-corrected chi connectivity index (χ0v) is 10.6. The molecule has 2 aliphatic rings. The van der Waals surface area contributed by atoms with Gasteiger partial charge in [0, 0.05) is 17.9 Å². The van der Waals surface area contributed by atoms with Crippen LogP contribution in [0.1, 0.15) is 52.4 Å². The highest BCUT2D eigenvalue weighted by Crippen LogP contribution is 2.37. The van der Waals surface area contributed by atoms with Crippen molar-refractivity contribution < 1.29 is 4.79 Å². The summed E-state index contributed by atoms with van der Waals surface area (Å²) in [5, 5.41) is 0. The zero-order chi connectivity index (χ0) is 11.7. The standard InChI is InChI=1S/C14H25NO/c1-9-6-7-11(8-10(9)2)14(16)12-4-3-5-13(12)15/h9-13H,3-8,15H2,1-2H3. The lowest BCUT2D eigenvalue weighted by Crippen LogP contribution is -2.37. The lowest BCUT2D eigenvalue weighted by atomic mass is 9.72. The van der Waals surface area contributed by atoms with Gasteiger partial charge in [0.1, 0.15) is 5.78 Å². The Hall–Kier alpha value is -0.370. The van der Waals surface area contributed by atoms with Gasteiger partial charge >= 0.3 is 0 Å². The molecule has 2 fully saturated rings. The molecule has 16 heavy (non-hydrogen) atoms. The van der Waals surface area contributed by atoms with Crippen LogP contribution < -0.4 is 5.73 Å². The molecule has 0 aromatic rings. The van der Waals surface area contributed by atoms with Crippen molar-refractivity contribution in [3.63, 3.8) is 0 Å². The monoisotopic (exact) mass is 223 g/mol. The Morgan fingerprint density at radius 2 is 1.81 bits per heavy atom. The fourth-order valence-electron chi connectivity index (χ4n) is 3.45. The number of nitrogens with two attached hydrogens (primary N) is 1. The Kier molecular flexibility index (Phi) is 3.68. The van der Waals surface area contributed by atoms with Crippen LogP contribution in [0.3, 0.4) is 0 Å². The molecule has 2 rings (SSSR count). The molecule has 0 spiro atoms. The van der Waals surface area contributed by atoms with Gasteiger partial charge in [0.25, 0.3) is 0 Å². The third-order valence-electron chi connectivity index (χ3n) is 4.94. The van der Waals surface area contributed by atoms with Crippen LogP contribution in [0.4, 0.5) is 0 Å². The fraction of sp³-hybridized carbons (Fsp3) is 0.929. The molecule has 0 bridgehead atoms. The molecule has 0 aromatic carbocycles. The van der Waals surface area contributed by atoms with Gasteiger partial charge in [0.2, 0.25) is 0 Å². The fourth-order valence-corrected chi connectivity index (χ4v) is 3.45. The molecule has 2 nitrogen and oxygen atoms in total. The molecular weight excluding hydrogens is 198 g/mol. The van der Waals surface area contributed by atoms with Crippen molar-refractivity contribution >= 4 is 5.78 Å². The Morgan fingerprint density at radius 3 is 2.38 bits per heavy atom. The predicted molar refractivity (Wildman–Crippen MR) is 66.0 cm³/mol. The smallest absolute Gasteiger partial charge is 0.140 e. The van der Waals surface area contributed by atoms with E-state index in [4.69, 9.17) is 5.73 Å². The van der Waals surface area contributed by atoms with Gasteiger partial charge in [-0.1, -0.05) is 20.3 Å². The number of ketones is 1. The molecule has 2 heteroatoms. The average Bonchev–Trinajstić information content (AvgIpc) is 2.67. The van der Waals surface area contributed by atoms with Crippen LogP contribution in [0, 0.1) is 23.7 Å². The number of rotatable bonds is 2. The van der Waals surface area contributed by atoms with Crippen molar-refractivity contribution in [3.05, 3.63) is 0 Å². The molecule has 2 aliphatic carbocycles. The van der Waals surface area contributed by atoms with Crippen LogP contribution in [-0.2, 0) is 4.79 Å². The molecule has 0 aromatic heterocycles. The molecule has 0 saturated heterocycles. The second kappa shape index (κ2) is 4.87. The molecule has 92 valence electrons. The van der Waals surface area contributed by atoms with Crippen LogP contribution in [0.5, 0.6) is 0 Å². The summed E-state index contributed by atoms with van der Waals surface area (Å²) >= 11 is 0. The van der Waals surface area contributed by atoms with Gasteiger partial charge in [-0.2, -0.15) is 0 Å². The minimum Gasteiger partial charge on any atom is -0.327 e. The summed E-state index contributed by atoms with van der Waals surface area (Å²) in [6, 6.07) is 0.155. The topological polar surface area (TPSA) is 43.1 Å². The van der Waals surface area contributed by atoms with Crippen molar-refractivity contribution in [2.45, 2.75) is 58.4 Å². The summed E-state index contributed by atoms with van der Waals surface area (Å²) < 4.78 is 0. The largest absolute Gasteiger partial charge is 0.327 e. The number of hydrogen-bond acceptors (Lipinski definition) is 2. The molecule has 2 N–H and O–H groups in total.